The smallest absolute Gasteiger partial charge is 0.265 e. The number of likely N-dealkylation sites (tertiary alicyclic amines) is 2. The van der Waals surface area contributed by atoms with E-state index >= 15 is 0 Å². The maximum Gasteiger partial charge on any atom is 0.265 e. The number of amides is 3. The summed E-state index contributed by atoms with van der Waals surface area (Å²) in [4.78, 5) is 40.7. The van der Waals surface area contributed by atoms with Gasteiger partial charge in [-0.3, -0.25) is 14.4 Å². The number of primary amides is 1. The fourth-order valence-electron chi connectivity index (χ4n) is 4.62. The third-order valence-corrected chi connectivity index (χ3v) is 7.21. The summed E-state index contributed by atoms with van der Waals surface area (Å²) in [5.41, 5.74) is 6.40. The molecule has 3 aliphatic rings. The number of sulfonamides is 1. The van der Waals surface area contributed by atoms with Crippen LogP contribution in [0, 0.1) is 5.92 Å². The largest absolute Gasteiger partial charge is 0.369 e. The van der Waals surface area contributed by atoms with Gasteiger partial charge < -0.3 is 15.5 Å². The quantitative estimate of drug-likeness (QED) is 0.586. The van der Waals surface area contributed by atoms with Crippen molar-refractivity contribution in [2.75, 3.05) is 32.4 Å². The summed E-state index contributed by atoms with van der Waals surface area (Å²) in [6, 6.07) is -0.561. The summed E-state index contributed by atoms with van der Waals surface area (Å²) >= 11 is 0. The predicted octanol–water partition coefficient (Wildman–Crippen LogP) is 0.453. The Labute approximate surface area is 184 Å². The zero-order valence-electron chi connectivity index (χ0n) is 17.5. The summed E-state index contributed by atoms with van der Waals surface area (Å²) in [5.74, 6) is -0.924. The highest BCUT2D eigenvalue weighted by molar-refractivity contribution is 7.89. The van der Waals surface area contributed by atoms with Crippen LogP contribution in [0.4, 0.5) is 0 Å². The summed E-state index contributed by atoms with van der Waals surface area (Å²) < 4.78 is 25.3. The zero-order chi connectivity index (χ0) is 21.3. The third kappa shape index (κ3) is 4.81. The van der Waals surface area contributed by atoms with Gasteiger partial charge in [0.15, 0.2) is 0 Å². The van der Waals surface area contributed by atoms with Gasteiger partial charge in [0.05, 0.1) is 18.0 Å². The van der Waals surface area contributed by atoms with Crippen LogP contribution in [-0.2, 0) is 24.4 Å². The molecule has 3 amide bonds. The molecule has 3 aliphatic heterocycles. The minimum atomic E-state index is -3.69. The van der Waals surface area contributed by atoms with Crippen LogP contribution < -0.4 is 5.73 Å². The number of hydrogen-bond acceptors (Lipinski definition) is 6. The Morgan fingerprint density at radius 1 is 1.13 bits per heavy atom. The number of nitrogens with zero attached hydrogens (tertiary/aromatic N) is 3. The fourth-order valence-corrected chi connectivity index (χ4v) is 5.70. The number of carbonyl (C=O) groups excluding carboxylic acids is 3. The number of piperidine rings is 1. The highest BCUT2D eigenvalue weighted by Gasteiger charge is 2.49. The molecule has 9 nitrogen and oxygen atoms in total. The van der Waals surface area contributed by atoms with E-state index in [9.17, 15) is 22.8 Å². The average molecular weight is 463 g/mol. The molecule has 0 saturated carbocycles. The van der Waals surface area contributed by atoms with Crippen molar-refractivity contribution < 1.29 is 22.8 Å². The molecule has 170 valence electrons. The minimum absolute atomic E-state index is 0. The molecule has 0 aromatic carbocycles. The first-order valence-electron chi connectivity index (χ1n) is 10.2. The normalized spacial score (nSPS) is 23.0. The van der Waals surface area contributed by atoms with Crippen LogP contribution in [0.5, 0.6) is 0 Å². The molecule has 3 rings (SSSR count). The number of fused-ring (bicyclic) bond motifs is 1. The Morgan fingerprint density at radius 3 is 2.30 bits per heavy atom. The van der Waals surface area contributed by atoms with Crippen molar-refractivity contribution in [2.45, 2.75) is 51.5 Å². The Kier molecular flexibility index (Phi) is 7.92. The summed E-state index contributed by atoms with van der Waals surface area (Å²) in [6.07, 6.45) is 4.35. The first-order valence-corrected chi connectivity index (χ1v) is 12.1. The van der Waals surface area contributed by atoms with Gasteiger partial charge in [0.25, 0.3) is 5.91 Å². The van der Waals surface area contributed by atoms with Gasteiger partial charge in [-0.1, -0.05) is 13.3 Å². The average Bonchev–Trinajstić information content (AvgIpc) is 3.18. The molecule has 2 fully saturated rings. The molecule has 11 heteroatoms. The van der Waals surface area contributed by atoms with Crippen LogP contribution in [0.1, 0.15) is 45.4 Å². The maximum absolute atomic E-state index is 12.9. The van der Waals surface area contributed by atoms with E-state index in [1.165, 1.54) is 0 Å². The van der Waals surface area contributed by atoms with Crippen molar-refractivity contribution in [1.29, 1.82) is 0 Å². The molecule has 0 aliphatic carbocycles. The fraction of sp³-hybridized carbons (Fsp3) is 0.737. The number of carbonyl (C=O) groups is 3. The summed E-state index contributed by atoms with van der Waals surface area (Å²) in [6.45, 7) is 4.39. The van der Waals surface area contributed by atoms with Gasteiger partial charge in [0, 0.05) is 31.0 Å². The van der Waals surface area contributed by atoms with E-state index in [-0.39, 0.29) is 30.1 Å². The van der Waals surface area contributed by atoms with Gasteiger partial charge in [0.2, 0.25) is 21.8 Å². The molecule has 0 aromatic rings. The lowest BCUT2D eigenvalue weighted by Gasteiger charge is -2.30. The van der Waals surface area contributed by atoms with Gasteiger partial charge >= 0.3 is 0 Å². The Morgan fingerprint density at radius 2 is 1.77 bits per heavy atom. The molecular formula is C19H31ClN4O5S. The van der Waals surface area contributed by atoms with Crippen LogP contribution in [0.25, 0.3) is 0 Å². The molecule has 1 atom stereocenters. The Hall–Kier alpha value is -1.65. The van der Waals surface area contributed by atoms with Gasteiger partial charge in [0.1, 0.15) is 0 Å². The molecule has 0 spiro atoms. The van der Waals surface area contributed by atoms with Crippen LogP contribution in [0.3, 0.4) is 0 Å². The first-order chi connectivity index (χ1) is 13.6. The van der Waals surface area contributed by atoms with Gasteiger partial charge in [-0.25, -0.2) is 12.7 Å². The lowest BCUT2D eigenvalue weighted by Crippen LogP contribution is -2.40. The summed E-state index contributed by atoms with van der Waals surface area (Å²) in [7, 11) is -3.69. The molecule has 3 heterocycles. The maximum atomic E-state index is 12.9. The van der Waals surface area contributed by atoms with E-state index in [1.807, 2.05) is 6.92 Å². The highest BCUT2D eigenvalue weighted by atomic mass is 35.5. The zero-order valence-corrected chi connectivity index (χ0v) is 19.1. The summed E-state index contributed by atoms with van der Waals surface area (Å²) in [5, 5.41) is 0. The third-order valence-electron chi connectivity index (χ3n) is 6.07. The highest BCUT2D eigenvalue weighted by Crippen LogP contribution is 2.39. The number of rotatable bonds is 7. The standard InChI is InChI=1S/C19H30N4O5S.ClH/c1-3-4-14-17-15(23(19(14)26)29(2,27)28)7-12-22(17)16(24)8-11-21-9-5-13(6-10-21)18(20)25;/h13,15H,3-12H2,1-2H3,(H2,20,25);1H. The van der Waals surface area contributed by atoms with E-state index in [0.717, 1.165) is 23.7 Å². The monoisotopic (exact) mass is 462 g/mol. The van der Waals surface area contributed by atoms with Crippen molar-refractivity contribution in [1.82, 2.24) is 14.1 Å². The second-order valence-electron chi connectivity index (χ2n) is 8.10. The van der Waals surface area contributed by atoms with E-state index in [4.69, 9.17) is 5.73 Å². The number of halogens is 1. The first kappa shape index (κ1) is 24.6. The van der Waals surface area contributed by atoms with E-state index < -0.39 is 22.0 Å². The molecule has 0 bridgehead atoms. The van der Waals surface area contributed by atoms with E-state index in [1.54, 1.807) is 4.90 Å². The van der Waals surface area contributed by atoms with Crippen LogP contribution >= 0.6 is 12.4 Å². The number of nitrogens with two attached hydrogens (primary N) is 1. The van der Waals surface area contributed by atoms with Crippen molar-refractivity contribution in [2.24, 2.45) is 11.7 Å². The predicted molar refractivity (Wildman–Crippen MR) is 114 cm³/mol. The van der Waals surface area contributed by atoms with Gasteiger partial charge in [-0.05, 0) is 38.8 Å². The molecule has 2 saturated heterocycles. The van der Waals surface area contributed by atoms with E-state index in [2.05, 4.69) is 4.90 Å². The molecule has 2 N–H and O–H groups in total. The molecule has 0 radical (unpaired) electrons. The topological polar surface area (TPSA) is 121 Å². The van der Waals surface area contributed by atoms with Crippen molar-refractivity contribution in [3.63, 3.8) is 0 Å². The SMILES string of the molecule is CCCC1=C2C(CCN2C(=O)CCN2CCC(C(N)=O)CC2)N(S(C)(=O)=O)C1=O.Cl. The lowest BCUT2D eigenvalue weighted by atomic mass is 9.96. The van der Waals surface area contributed by atoms with Crippen LogP contribution in [-0.4, -0.2) is 78.7 Å². The Bertz CT molecular complexity index is 836. The number of hydrogen-bond donors (Lipinski definition) is 1. The van der Waals surface area contributed by atoms with Crippen molar-refractivity contribution in [3.05, 3.63) is 11.3 Å². The lowest BCUT2D eigenvalue weighted by molar-refractivity contribution is -0.129. The second kappa shape index (κ2) is 9.65. The van der Waals surface area contributed by atoms with Gasteiger partial charge in [-0.15, -0.1) is 12.4 Å². The van der Waals surface area contributed by atoms with Crippen LogP contribution in [0.2, 0.25) is 0 Å². The van der Waals surface area contributed by atoms with Gasteiger partial charge in [-0.2, -0.15) is 0 Å². The van der Waals surface area contributed by atoms with Crippen molar-refractivity contribution in [3.8, 4) is 0 Å². The van der Waals surface area contributed by atoms with Crippen LogP contribution in [0.15, 0.2) is 11.3 Å². The molecular weight excluding hydrogens is 432 g/mol. The Balaban J connectivity index is 0.00000320. The van der Waals surface area contributed by atoms with Crippen molar-refractivity contribution >= 4 is 40.2 Å². The second-order valence-corrected chi connectivity index (χ2v) is 9.96. The molecule has 30 heavy (non-hydrogen) atoms. The van der Waals surface area contributed by atoms with E-state index in [0.29, 0.717) is 62.9 Å². The molecule has 0 aromatic heterocycles. The minimum Gasteiger partial charge on any atom is -0.369 e. The molecule has 1 unspecified atom stereocenters.